The molecule has 1 heterocycles. The second-order valence-corrected chi connectivity index (χ2v) is 5.16. The number of ether oxygens (including phenoxy) is 3. The third-order valence-electron chi connectivity index (χ3n) is 3.58. The van der Waals surface area contributed by atoms with Crippen molar-refractivity contribution in [2.75, 3.05) is 26.9 Å². The predicted octanol–water partition coefficient (Wildman–Crippen LogP) is 1.75. The third-order valence-corrected chi connectivity index (χ3v) is 3.58. The number of hydrogen-bond acceptors (Lipinski definition) is 5. The molecular formula is C16H23NO4. The first-order chi connectivity index (χ1) is 10.2. The summed E-state index contributed by atoms with van der Waals surface area (Å²) in [5, 5.41) is 3.33. The summed E-state index contributed by atoms with van der Waals surface area (Å²) in [5.74, 6) is 0.379. The maximum atomic E-state index is 12.1. The highest BCUT2D eigenvalue weighted by Gasteiger charge is 2.34. The van der Waals surface area contributed by atoms with E-state index in [4.69, 9.17) is 14.2 Å². The Hall–Kier alpha value is -1.59. The molecule has 1 aromatic rings. The largest absolute Gasteiger partial charge is 0.497 e. The van der Waals surface area contributed by atoms with Crippen LogP contribution >= 0.6 is 0 Å². The van der Waals surface area contributed by atoms with Gasteiger partial charge in [0.2, 0.25) is 0 Å². The van der Waals surface area contributed by atoms with E-state index in [0.29, 0.717) is 13.2 Å². The first-order valence-electron chi connectivity index (χ1n) is 7.35. The van der Waals surface area contributed by atoms with Gasteiger partial charge >= 0.3 is 5.97 Å². The maximum absolute atomic E-state index is 12.1. The number of benzene rings is 1. The van der Waals surface area contributed by atoms with Crippen molar-refractivity contribution in [1.29, 1.82) is 0 Å². The van der Waals surface area contributed by atoms with Gasteiger partial charge in [-0.05, 0) is 30.7 Å². The number of carbonyl (C=O) groups excluding carboxylic acids is 1. The minimum Gasteiger partial charge on any atom is -0.497 e. The van der Waals surface area contributed by atoms with Crippen LogP contribution in [-0.2, 0) is 20.9 Å². The number of nitrogens with one attached hydrogen (secondary N) is 1. The second-order valence-electron chi connectivity index (χ2n) is 5.16. The smallest absolute Gasteiger partial charge is 0.313 e. The van der Waals surface area contributed by atoms with E-state index < -0.39 is 0 Å². The molecule has 21 heavy (non-hydrogen) atoms. The monoisotopic (exact) mass is 293 g/mol. The molecule has 0 radical (unpaired) electrons. The van der Waals surface area contributed by atoms with Crippen molar-refractivity contribution in [1.82, 2.24) is 5.32 Å². The lowest BCUT2D eigenvalue weighted by Crippen LogP contribution is -2.40. The summed E-state index contributed by atoms with van der Waals surface area (Å²) in [6, 6.07) is 7.56. The topological polar surface area (TPSA) is 56.8 Å². The zero-order valence-corrected chi connectivity index (χ0v) is 12.6. The molecule has 2 rings (SSSR count). The lowest BCUT2D eigenvalue weighted by molar-refractivity contribution is -0.150. The molecule has 2 atom stereocenters. The molecule has 0 bridgehead atoms. The summed E-state index contributed by atoms with van der Waals surface area (Å²) >= 11 is 0. The maximum Gasteiger partial charge on any atom is 0.313 e. The van der Waals surface area contributed by atoms with Crippen LogP contribution in [0.5, 0.6) is 5.75 Å². The fourth-order valence-corrected chi connectivity index (χ4v) is 2.30. The summed E-state index contributed by atoms with van der Waals surface area (Å²) < 4.78 is 15.9. The molecular weight excluding hydrogens is 270 g/mol. The number of hydrogen-bond donors (Lipinski definition) is 1. The molecule has 0 saturated carbocycles. The zero-order chi connectivity index (χ0) is 15.1. The fourth-order valence-electron chi connectivity index (χ4n) is 2.30. The normalized spacial score (nSPS) is 21.2. The molecule has 0 amide bonds. The number of rotatable bonds is 7. The first-order valence-corrected chi connectivity index (χ1v) is 7.35. The summed E-state index contributed by atoms with van der Waals surface area (Å²) in [5.41, 5.74) is 0.945. The van der Waals surface area contributed by atoms with Crippen LogP contribution in [0, 0.1) is 5.92 Å². The predicted molar refractivity (Wildman–Crippen MR) is 79.2 cm³/mol. The Morgan fingerprint density at radius 1 is 1.33 bits per heavy atom. The van der Waals surface area contributed by atoms with E-state index in [1.807, 2.05) is 24.3 Å². The van der Waals surface area contributed by atoms with Gasteiger partial charge in [-0.2, -0.15) is 0 Å². The zero-order valence-electron chi connectivity index (χ0n) is 12.6. The molecule has 1 fully saturated rings. The van der Waals surface area contributed by atoms with Crippen molar-refractivity contribution >= 4 is 5.97 Å². The lowest BCUT2D eigenvalue weighted by Gasteiger charge is -2.17. The molecule has 1 N–H and O–H groups in total. The minimum absolute atomic E-state index is 0.0633. The Morgan fingerprint density at radius 2 is 2.10 bits per heavy atom. The standard InChI is InChI=1S/C16H23NO4/c1-3-8-17-15-11-20-10-14(15)16(18)21-9-12-4-6-13(19-2)7-5-12/h4-7,14-15,17H,3,8-11H2,1-2H3. The van der Waals surface area contributed by atoms with Crippen molar-refractivity contribution in [3.05, 3.63) is 29.8 Å². The van der Waals surface area contributed by atoms with Crippen LogP contribution in [0.15, 0.2) is 24.3 Å². The van der Waals surface area contributed by atoms with E-state index in [1.165, 1.54) is 0 Å². The second kappa shape index (κ2) is 8.00. The molecule has 5 heteroatoms. The van der Waals surface area contributed by atoms with Gasteiger partial charge < -0.3 is 19.5 Å². The van der Waals surface area contributed by atoms with Gasteiger partial charge in [0.05, 0.1) is 26.2 Å². The van der Waals surface area contributed by atoms with Crippen molar-refractivity contribution in [2.24, 2.45) is 5.92 Å². The molecule has 1 saturated heterocycles. The first kappa shape index (κ1) is 15.8. The molecule has 1 aromatic carbocycles. The third kappa shape index (κ3) is 4.44. The fraction of sp³-hybridized carbons (Fsp3) is 0.562. The van der Waals surface area contributed by atoms with Crippen LogP contribution in [-0.4, -0.2) is 38.9 Å². The molecule has 0 aliphatic carbocycles. The highest BCUT2D eigenvalue weighted by molar-refractivity contribution is 5.73. The molecule has 1 aliphatic rings. The van der Waals surface area contributed by atoms with Crippen LogP contribution in [0.2, 0.25) is 0 Å². The van der Waals surface area contributed by atoms with Gasteiger partial charge in [-0.25, -0.2) is 0 Å². The SMILES string of the molecule is CCCNC1COCC1C(=O)OCc1ccc(OC)cc1. The van der Waals surface area contributed by atoms with E-state index >= 15 is 0 Å². The molecule has 0 spiro atoms. The van der Waals surface area contributed by atoms with Crippen LogP contribution in [0.25, 0.3) is 0 Å². The lowest BCUT2D eigenvalue weighted by atomic mass is 10.0. The van der Waals surface area contributed by atoms with Gasteiger partial charge in [-0.3, -0.25) is 4.79 Å². The van der Waals surface area contributed by atoms with Gasteiger partial charge in [0.25, 0.3) is 0 Å². The highest BCUT2D eigenvalue weighted by atomic mass is 16.5. The van der Waals surface area contributed by atoms with E-state index in [-0.39, 0.29) is 24.5 Å². The van der Waals surface area contributed by atoms with Crippen molar-refractivity contribution in [2.45, 2.75) is 26.0 Å². The quantitative estimate of drug-likeness (QED) is 0.776. The number of carbonyl (C=O) groups is 1. The minimum atomic E-state index is -0.213. The van der Waals surface area contributed by atoms with Crippen molar-refractivity contribution in [3.8, 4) is 5.75 Å². The summed E-state index contributed by atoms with van der Waals surface area (Å²) in [6.07, 6.45) is 1.03. The Morgan fingerprint density at radius 3 is 2.76 bits per heavy atom. The Labute approximate surface area is 125 Å². The Balaban J connectivity index is 1.82. The van der Waals surface area contributed by atoms with Crippen LogP contribution < -0.4 is 10.1 Å². The van der Waals surface area contributed by atoms with Crippen LogP contribution in [0.4, 0.5) is 0 Å². The van der Waals surface area contributed by atoms with E-state index in [0.717, 1.165) is 24.3 Å². The summed E-state index contributed by atoms with van der Waals surface area (Å²) in [7, 11) is 1.62. The van der Waals surface area contributed by atoms with Gasteiger partial charge in [0.15, 0.2) is 0 Å². The van der Waals surface area contributed by atoms with Gasteiger partial charge in [0, 0.05) is 6.04 Å². The molecule has 5 nitrogen and oxygen atoms in total. The van der Waals surface area contributed by atoms with Crippen LogP contribution in [0.3, 0.4) is 0 Å². The van der Waals surface area contributed by atoms with Crippen LogP contribution in [0.1, 0.15) is 18.9 Å². The summed E-state index contributed by atoms with van der Waals surface area (Å²) in [4.78, 5) is 12.1. The Kier molecular flexibility index (Phi) is 6.02. The molecule has 0 aromatic heterocycles. The van der Waals surface area contributed by atoms with E-state index in [9.17, 15) is 4.79 Å². The summed E-state index contributed by atoms with van der Waals surface area (Å²) in [6.45, 7) is 4.26. The Bertz CT molecular complexity index is 446. The van der Waals surface area contributed by atoms with Gasteiger partial charge in [-0.1, -0.05) is 19.1 Å². The van der Waals surface area contributed by atoms with Gasteiger partial charge in [0.1, 0.15) is 12.4 Å². The van der Waals surface area contributed by atoms with Crippen molar-refractivity contribution in [3.63, 3.8) is 0 Å². The molecule has 1 aliphatic heterocycles. The molecule has 116 valence electrons. The number of methoxy groups -OCH3 is 1. The van der Waals surface area contributed by atoms with E-state index in [2.05, 4.69) is 12.2 Å². The molecule has 2 unspecified atom stereocenters. The number of esters is 1. The van der Waals surface area contributed by atoms with E-state index in [1.54, 1.807) is 7.11 Å². The average molecular weight is 293 g/mol. The van der Waals surface area contributed by atoms with Gasteiger partial charge in [-0.15, -0.1) is 0 Å². The van der Waals surface area contributed by atoms with Crippen molar-refractivity contribution < 1.29 is 19.0 Å². The average Bonchev–Trinajstić information content (AvgIpc) is 2.99. The highest BCUT2D eigenvalue weighted by Crippen LogP contribution is 2.17.